The summed E-state index contributed by atoms with van der Waals surface area (Å²) in [4.78, 5) is 25.7. The number of hydrogen-bond donors (Lipinski definition) is 1. The van der Waals surface area contributed by atoms with Gasteiger partial charge in [-0.05, 0) is 18.9 Å². The Balaban J connectivity index is 1.80. The van der Waals surface area contributed by atoms with Crippen LogP contribution in [0.25, 0.3) is 0 Å². The summed E-state index contributed by atoms with van der Waals surface area (Å²) in [7, 11) is 0. The first-order chi connectivity index (χ1) is 10.5. The van der Waals surface area contributed by atoms with E-state index in [0.29, 0.717) is 18.5 Å². The quantitative estimate of drug-likeness (QED) is 0.912. The molecule has 0 radical (unpaired) electrons. The number of nitrogens with zero attached hydrogens (tertiary/aromatic N) is 1. The van der Waals surface area contributed by atoms with Crippen LogP contribution in [0.15, 0.2) is 24.3 Å². The highest BCUT2D eigenvalue weighted by molar-refractivity contribution is 5.88. The third-order valence-electron chi connectivity index (χ3n) is 4.41. The molecule has 0 aromatic heterocycles. The van der Waals surface area contributed by atoms with Crippen LogP contribution >= 0.6 is 0 Å². The fourth-order valence-corrected chi connectivity index (χ4v) is 3.19. The number of nitrogens with one attached hydrogen (secondary N) is 1. The van der Waals surface area contributed by atoms with Gasteiger partial charge in [-0.1, -0.05) is 18.2 Å². The number of halogens is 1. The molecule has 1 N–H and O–H groups in total. The monoisotopic (exact) mass is 306 g/mol. The van der Waals surface area contributed by atoms with Gasteiger partial charge in [0.2, 0.25) is 11.8 Å². The summed E-state index contributed by atoms with van der Waals surface area (Å²) in [6.45, 7) is 2.54. The first-order valence-corrected chi connectivity index (χ1v) is 7.45. The lowest BCUT2D eigenvalue weighted by Gasteiger charge is -2.43. The van der Waals surface area contributed by atoms with Crippen molar-refractivity contribution in [2.45, 2.75) is 31.3 Å². The van der Waals surface area contributed by atoms with E-state index in [1.165, 1.54) is 13.0 Å². The molecule has 118 valence electrons. The van der Waals surface area contributed by atoms with E-state index in [1.54, 1.807) is 23.1 Å². The fourth-order valence-electron chi connectivity index (χ4n) is 3.19. The minimum atomic E-state index is -0.826. The van der Waals surface area contributed by atoms with Gasteiger partial charge in [0.05, 0.1) is 13.2 Å². The zero-order valence-corrected chi connectivity index (χ0v) is 12.5. The van der Waals surface area contributed by atoms with Crippen molar-refractivity contribution >= 4 is 11.8 Å². The van der Waals surface area contributed by atoms with Crippen LogP contribution < -0.4 is 5.32 Å². The standard InChI is InChI=1S/C16H19FN2O3/c1-11(20)19-8-4-7-14(19)15(21)18-16(9-22-10-16)12-5-2-3-6-13(12)17/h2-3,5-6,14H,4,7-10H2,1H3,(H,18,21)/t14-/m0/s1. The smallest absolute Gasteiger partial charge is 0.243 e. The van der Waals surface area contributed by atoms with Crippen molar-refractivity contribution in [2.24, 2.45) is 0 Å². The maximum absolute atomic E-state index is 14.1. The van der Waals surface area contributed by atoms with E-state index >= 15 is 0 Å². The van der Waals surface area contributed by atoms with Crippen molar-refractivity contribution in [3.63, 3.8) is 0 Å². The van der Waals surface area contributed by atoms with Gasteiger partial charge in [0.25, 0.3) is 0 Å². The average Bonchev–Trinajstić information content (AvgIpc) is 2.93. The highest BCUT2D eigenvalue weighted by atomic mass is 19.1. The molecule has 2 heterocycles. The number of hydrogen-bond acceptors (Lipinski definition) is 3. The van der Waals surface area contributed by atoms with Crippen LogP contribution in [0.4, 0.5) is 4.39 Å². The second-order valence-corrected chi connectivity index (χ2v) is 5.91. The van der Waals surface area contributed by atoms with Gasteiger partial charge in [-0.3, -0.25) is 9.59 Å². The van der Waals surface area contributed by atoms with Gasteiger partial charge >= 0.3 is 0 Å². The summed E-state index contributed by atoms with van der Waals surface area (Å²) in [5, 5.41) is 2.92. The van der Waals surface area contributed by atoms with Crippen molar-refractivity contribution in [3.8, 4) is 0 Å². The van der Waals surface area contributed by atoms with Gasteiger partial charge in [0, 0.05) is 19.0 Å². The largest absolute Gasteiger partial charge is 0.376 e. The number of likely N-dealkylation sites (tertiary alicyclic amines) is 1. The van der Waals surface area contributed by atoms with Crippen LogP contribution in [0.1, 0.15) is 25.3 Å². The summed E-state index contributed by atoms with van der Waals surface area (Å²) in [6, 6.07) is 5.92. The number of carbonyl (C=O) groups excluding carboxylic acids is 2. The number of benzene rings is 1. The normalized spacial score (nSPS) is 23.0. The molecule has 2 saturated heterocycles. The van der Waals surface area contributed by atoms with Crippen molar-refractivity contribution in [1.82, 2.24) is 10.2 Å². The number of carbonyl (C=O) groups is 2. The van der Waals surface area contributed by atoms with E-state index in [9.17, 15) is 14.0 Å². The predicted molar refractivity (Wildman–Crippen MR) is 77.4 cm³/mol. The van der Waals surface area contributed by atoms with E-state index in [1.807, 2.05) is 0 Å². The van der Waals surface area contributed by atoms with E-state index in [-0.39, 0.29) is 30.8 Å². The molecule has 0 bridgehead atoms. The number of amides is 2. The van der Waals surface area contributed by atoms with Gasteiger partial charge in [-0.15, -0.1) is 0 Å². The van der Waals surface area contributed by atoms with E-state index in [4.69, 9.17) is 4.74 Å². The summed E-state index contributed by atoms with van der Waals surface area (Å²) >= 11 is 0. The predicted octanol–water partition coefficient (Wildman–Crippen LogP) is 1.18. The minimum absolute atomic E-state index is 0.109. The first-order valence-electron chi connectivity index (χ1n) is 7.45. The lowest BCUT2D eigenvalue weighted by Crippen LogP contribution is -2.62. The maximum Gasteiger partial charge on any atom is 0.243 e. The molecular weight excluding hydrogens is 287 g/mol. The van der Waals surface area contributed by atoms with E-state index in [0.717, 1.165) is 6.42 Å². The Morgan fingerprint density at radius 3 is 2.68 bits per heavy atom. The molecular formula is C16H19FN2O3. The molecule has 3 rings (SSSR count). The Labute approximate surface area is 128 Å². The van der Waals surface area contributed by atoms with E-state index < -0.39 is 11.6 Å². The topological polar surface area (TPSA) is 58.6 Å². The highest BCUT2D eigenvalue weighted by Crippen LogP contribution is 2.32. The van der Waals surface area contributed by atoms with Crippen molar-refractivity contribution in [3.05, 3.63) is 35.6 Å². The zero-order valence-electron chi connectivity index (χ0n) is 12.5. The van der Waals surface area contributed by atoms with Crippen molar-refractivity contribution < 1.29 is 18.7 Å². The van der Waals surface area contributed by atoms with Crippen LogP contribution in [0, 0.1) is 5.82 Å². The molecule has 2 fully saturated rings. The molecule has 0 spiro atoms. The van der Waals surface area contributed by atoms with E-state index in [2.05, 4.69) is 5.32 Å². The maximum atomic E-state index is 14.1. The average molecular weight is 306 g/mol. The second kappa shape index (κ2) is 5.68. The molecule has 2 amide bonds. The van der Waals surface area contributed by atoms with Crippen molar-refractivity contribution in [2.75, 3.05) is 19.8 Å². The molecule has 1 atom stereocenters. The molecule has 2 aliphatic rings. The SMILES string of the molecule is CC(=O)N1CCC[C@H]1C(=O)NC1(c2ccccc2F)COC1. The second-order valence-electron chi connectivity index (χ2n) is 5.91. The molecule has 6 heteroatoms. The lowest BCUT2D eigenvalue weighted by molar-refractivity contribution is -0.143. The third-order valence-corrected chi connectivity index (χ3v) is 4.41. The molecule has 1 aromatic rings. The molecule has 0 aliphatic carbocycles. The first kappa shape index (κ1) is 15.0. The van der Waals surface area contributed by atoms with Gasteiger partial charge in [-0.25, -0.2) is 4.39 Å². The fraction of sp³-hybridized carbons (Fsp3) is 0.500. The Morgan fingerprint density at radius 2 is 2.09 bits per heavy atom. The Bertz CT molecular complexity index is 601. The molecule has 22 heavy (non-hydrogen) atoms. The molecule has 2 aliphatic heterocycles. The van der Waals surface area contributed by atoms with Crippen LogP contribution in [0.3, 0.4) is 0 Å². The Kier molecular flexibility index (Phi) is 3.87. The van der Waals surface area contributed by atoms with Crippen LogP contribution in [0.5, 0.6) is 0 Å². The molecule has 1 aromatic carbocycles. The van der Waals surface area contributed by atoms with Crippen LogP contribution in [0.2, 0.25) is 0 Å². The summed E-state index contributed by atoms with van der Waals surface area (Å²) in [5.41, 5.74) is -0.394. The summed E-state index contributed by atoms with van der Waals surface area (Å²) in [5.74, 6) is -0.706. The van der Waals surface area contributed by atoms with Crippen LogP contribution in [-0.2, 0) is 19.9 Å². The van der Waals surface area contributed by atoms with Gasteiger partial charge in [0.15, 0.2) is 0 Å². The highest BCUT2D eigenvalue weighted by Gasteiger charge is 2.45. The van der Waals surface area contributed by atoms with Crippen molar-refractivity contribution in [1.29, 1.82) is 0 Å². The molecule has 0 saturated carbocycles. The van der Waals surface area contributed by atoms with Gasteiger partial charge in [-0.2, -0.15) is 0 Å². The molecule has 5 nitrogen and oxygen atoms in total. The molecule has 0 unspecified atom stereocenters. The number of rotatable bonds is 3. The zero-order chi connectivity index (χ0) is 15.7. The summed E-state index contributed by atoms with van der Waals surface area (Å²) in [6.07, 6.45) is 1.44. The van der Waals surface area contributed by atoms with Gasteiger partial charge in [0.1, 0.15) is 17.4 Å². The number of ether oxygens (including phenoxy) is 1. The minimum Gasteiger partial charge on any atom is -0.376 e. The van der Waals surface area contributed by atoms with Crippen LogP contribution in [-0.4, -0.2) is 42.5 Å². The third kappa shape index (κ3) is 2.47. The Morgan fingerprint density at radius 1 is 1.36 bits per heavy atom. The van der Waals surface area contributed by atoms with Gasteiger partial charge < -0.3 is 15.0 Å². The summed E-state index contributed by atoms with van der Waals surface area (Å²) < 4.78 is 19.3. The Hall–Kier alpha value is -1.95. The lowest BCUT2D eigenvalue weighted by atomic mass is 9.87.